The molecule has 1 fully saturated rings. The van der Waals surface area contributed by atoms with Gasteiger partial charge in [-0.3, -0.25) is 14.3 Å². The number of Topliss-reactive ketones (excluding diaryl/α,β-unsaturated/α-hetero) is 1. The van der Waals surface area contributed by atoms with Crippen LogP contribution in [0.15, 0.2) is 6.07 Å². The molecule has 17 heavy (non-hydrogen) atoms. The van der Waals surface area contributed by atoms with Gasteiger partial charge in [0.05, 0.1) is 5.69 Å². The highest BCUT2D eigenvalue weighted by atomic mass is 16.2. The summed E-state index contributed by atoms with van der Waals surface area (Å²) in [5.41, 5.74) is 1.42. The highest BCUT2D eigenvalue weighted by molar-refractivity contribution is 5.94. The van der Waals surface area contributed by atoms with Gasteiger partial charge in [0.15, 0.2) is 0 Å². The van der Waals surface area contributed by atoms with E-state index in [9.17, 15) is 9.59 Å². The topological polar surface area (TPSA) is 55.2 Å². The Morgan fingerprint density at radius 1 is 1.53 bits per heavy atom. The minimum Gasteiger partial charge on any atom is -0.336 e. The van der Waals surface area contributed by atoms with Crippen molar-refractivity contribution in [1.29, 1.82) is 0 Å². The van der Waals surface area contributed by atoms with Crippen LogP contribution in [-0.4, -0.2) is 39.5 Å². The molecule has 0 bridgehead atoms. The maximum absolute atomic E-state index is 12.2. The van der Waals surface area contributed by atoms with Gasteiger partial charge in [-0.05, 0) is 13.0 Å². The molecule has 0 aliphatic carbocycles. The zero-order chi connectivity index (χ0) is 12.6. The largest absolute Gasteiger partial charge is 0.336 e. The Balaban J connectivity index is 2.16. The Bertz CT molecular complexity index is 464. The normalized spacial score (nSPS) is 20.8. The number of likely N-dealkylation sites (tertiary alicyclic amines) is 1. The van der Waals surface area contributed by atoms with Crippen LogP contribution in [0, 0.1) is 12.8 Å². The lowest BCUT2D eigenvalue weighted by Gasteiger charge is -2.29. The number of amides is 1. The van der Waals surface area contributed by atoms with E-state index in [1.807, 2.05) is 13.8 Å². The van der Waals surface area contributed by atoms with Crippen molar-refractivity contribution < 1.29 is 9.59 Å². The second-order valence-corrected chi connectivity index (χ2v) is 4.66. The molecule has 1 unspecified atom stereocenters. The molecule has 1 aromatic rings. The quantitative estimate of drug-likeness (QED) is 0.722. The minimum atomic E-state index is -0.0537. The molecule has 0 N–H and O–H groups in total. The number of nitrogens with zero attached hydrogens (tertiary/aromatic N) is 3. The molecule has 0 spiro atoms. The van der Waals surface area contributed by atoms with E-state index < -0.39 is 0 Å². The van der Waals surface area contributed by atoms with E-state index in [-0.39, 0.29) is 17.6 Å². The van der Waals surface area contributed by atoms with Crippen LogP contribution in [0.5, 0.6) is 0 Å². The first-order valence-corrected chi connectivity index (χ1v) is 5.81. The Hall–Kier alpha value is -1.65. The Morgan fingerprint density at radius 3 is 2.76 bits per heavy atom. The fourth-order valence-corrected chi connectivity index (χ4v) is 2.17. The molecule has 0 radical (unpaired) electrons. The number of aromatic nitrogens is 2. The van der Waals surface area contributed by atoms with Crippen LogP contribution < -0.4 is 0 Å². The lowest BCUT2D eigenvalue weighted by molar-refractivity contribution is -0.124. The molecule has 5 nitrogen and oxygen atoms in total. The third-order valence-corrected chi connectivity index (χ3v) is 3.18. The summed E-state index contributed by atoms with van der Waals surface area (Å²) in [6.07, 6.45) is 0.462. The van der Waals surface area contributed by atoms with Gasteiger partial charge in [0.1, 0.15) is 11.5 Å². The smallest absolute Gasteiger partial charge is 0.272 e. The third-order valence-electron chi connectivity index (χ3n) is 3.18. The summed E-state index contributed by atoms with van der Waals surface area (Å²) in [4.78, 5) is 25.4. The van der Waals surface area contributed by atoms with Gasteiger partial charge in [-0.15, -0.1) is 0 Å². The number of rotatable bonds is 1. The number of ketones is 1. The highest BCUT2D eigenvalue weighted by Gasteiger charge is 2.28. The molecule has 1 saturated heterocycles. The van der Waals surface area contributed by atoms with E-state index in [1.54, 1.807) is 22.7 Å². The number of aryl methyl sites for hydroxylation is 2. The van der Waals surface area contributed by atoms with E-state index in [0.29, 0.717) is 25.2 Å². The highest BCUT2D eigenvalue weighted by Crippen LogP contribution is 2.15. The van der Waals surface area contributed by atoms with Gasteiger partial charge in [-0.1, -0.05) is 6.92 Å². The fraction of sp³-hybridized carbons (Fsp3) is 0.583. The summed E-state index contributed by atoms with van der Waals surface area (Å²) in [7, 11) is 1.76. The summed E-state index contributed by atoms with van der Waals surface area (Å²) in [6, 6.07) is 1.78. The van der Waals surface area contributed by atoms with E-state index in [4.69, 9.17) is 0 Å². The Kier molecular flexibility index (Phi) is 3.00. The summed E-state index contributed by atoms with van der Waals surface area (Å²) in [5, 5.41) is 4.16. The van der Waals surface area contributed by atoms with Crippen molar-refractivity contribution in [2.45, 2.75) is 20.3 Å². The van der Waals surface area contributed by atoms with Gasteiger partial charge in [-0.2, -0.15) is 5.10 Å². The summed E-state index contributed by atoms with van der Waals surface area (Å²) in [6.45, 7) is 4.77. The first-order chi connectivity index (χ1) is 7.99. The zero-order valence-corrected chi connectivity index (χ0v) is 10.4. The molecule has 2 heterocycles. The molecule has 1 atom stereocenters. The van der Waals surface area contributed by atoms with Crippen LogP contribution >= 0.6 is 0 Å². The van der Waals surface area contributed by atoms with Gasteiger partial charge in [-0.25, -0.2) is 0 Å². The van der Waals surface area contributed by atoms with Gasteiger partial charge in [0, 0.05) is 32.5 Å². The van der Waals surface area contributed by atoms with E-state index in [1.165, 1.54) is 0 Å². The number of carbonyl (C=O) groups excluding carboxylic acids is 2. The minimum absolute atomic E-state index is 0.0348. The zero-order valence-electron chi connectivity index (χ0n) is 10.4. The molecular weight excluding hydrogens is 218 g/mol. The molecule has 1 aliphatic heterocycles. The fourth-order valence-electron chi connectivity index (χ4n) is 2.17. The standard InChI is InChI=1S/C12H17N3O2/c1-8-7-15(5-4-11(8)16)12(17)10-6-9(2)13-14(10)3/h6,8H,4-5,7H2,1-3H3. The number of hydrogen-bond donors (Lipinski definition) is 0. The third kappa shape index (κ3) is 2.23. The van der Waals surface area contributed by atoms with Crippen molar-refractivity contribution in [3.8, 4) is 0 Å². The van der Waals surface area contributed by atoms with Crippen LogP contribution in [0.2, 0.25) is 0 Å². The van der Waals surface area contributed by atoms with Gasteiger partial charge in [0.25, 0.3) is 5.91 Å². The molecule has 0 aromatic carbocycles. The Morgan fingerprint density at radius 2 is 2.24 bits per heavy atom. The van der Waals surface area contributed by atoms with Gasteiger partial charge < -0.3 is 4.90 Å². The summed E-state index contributed by atoms with van der Waals surface area (Å²) >= 11 is 0. The maximum Gasteiger partial charge on any atom is 0.272 e. The number of hydrogen-bond acceptors (Lipinski definition) is 3. The average molecular weight is 235 g/mol. The van der Waals surface area contributed by atoms with Crippen molar-refractivity contribution in [3.63, 3.8) is 0 Å². The van der Waals surface area contributed by atoms with Gasteiger partial charge >= 0.3 is 0 Å². The molecule has 0 saturated carbocycles. The lowest BCUT2D eigenvalue weighted by Crippen LogP contribution is -2.43. The average Bonchev–Trinajstić information content (AvgIpc) is 2.61. The predicted molar refractivity (Wildman–Crippen MR) is 62.6 cm³/mol. The number of piperidine rings is 1. The van der Waals surface area contributed by atoms with E-state index in [2.05, 4.69) is 5.10 Å². The van der Waals surface area contributed by atoms with Crippen LogP contribution in [-0.2, 0) is 11.8 Å². The van der Waals surface area contributed by atoms with Crippen molar-refractivity contribution in [2.75, 3.05) is 13.1 Å². The van der Waals surface area contributed by atoms with Crippen LogP contribution in [0.25, 0.3) is 0 Å². The van der Waals surface area contributed by atoms with Crippen molar-refractivity contribution in [1.82, 2.24) is 14.7 Å². The first-order valence-electron chi connectivity index (χ1n) is 5.81. The molecule has 92 valence electrons. The van der Waals surface area contributed by atoms with E-state index >= 15 is 0 Å². The molecule has 1 amide bonds. The monoisotopic (exact) mass is 235 g/mol. The second kappa shape index (κ2) is 4.31. The second-order valence-electron chi connectivity index (χ2n) is 4.66. The summed E-state index contributed by atoms with van der Waals surface area (Å²) < 4.78 is 1.60. The Labute approximate surface area is 100 Å². The van der Waals surface area contributed by atoms with Crippen LogP contribution in [0.4, 0.5) is 0 Å². The first kappa shape index (κ1) is 11.8. The van der Waals surface area contributed by atoms with Crippen molar-refractivity contribution in [2.24, 2.45) is 13.0 Å². The van der Waals surface area contributed by atoms with Crippen molar-refractivity contribution >= 4 is 11.7 Å². The SMILES string of the molecule is Cc1cc(C(=O)N2CCC(=O)C(C)C2)n(C)n1. The van der Waals surface area contributed by atoms with E-state index in [0.717, 1.165) is 5.69 Å². The van der Waals surface area contributed by atoms with Crippen molar-refractivity contribution in [3.05, 3.63) is 17.5 Å². The van der Waals surface area contributed by atoms with Gasteiger partial charge in [0.2, 0.25) is 0 Å². The van der Waals surface area contributed by atoms with Crippen LogP contribution in [0.1, 0.15) is 29.5 Å². The lowest BCUT2D eigenvalue weighted by atomic mass is 9.98. The predicted octanol–water partition coefficient (Wildman–Crippen LogP) is 0.780. The van der Waals surface area contributed by atoms with Crippen LogP contribution in [0.3, 0.4) is 0 Å². The summed E-state index contributed by atoms with van der Waals surface area (Å²) in [5.74, 6) is 0.157. The maximum atomic E-state index is 12.2. The molecule has 2 rings (SSSR count). The number of carbonyl (C=O) groups is 2. The molecular formula is C12H17N3O2. The molecule has 1 aromatic heterocycles. The molecule has 1 aliphatic rings. The molecule has 5 heteroatoms.